The summed E-state index contributed by atoms with van der Waals surface area (Å²) in [5.41, 5.74) is 0. The molecule has 0 heterocycles. The first-order valence-electron chi connectivity index (χ1n) is 8.09. The van der Waals surface area contributed by atoms with Crippen molar-refractivity contribution in [1.29, 1.82) is 0 Å². The van der Waals surface area contributed by atoms with Gasteiger partial charge in [0.2, 0.25) is 0 Å². The largest absolute Gasteiger partial charge is 0.314 e. The average Bonchev–Trinajstić information content (AvgIpc) is 2.39. The van der Waals surface area contributed by atoms with Gasteiger partial charge in [0.1, 0.15) is 0 Å². The van der Waals surface area contributed by atoms with Gasteiger partial charge in [0.05, 0.1) is 0 Å². The maximum Gasteiger partial charge on any atom is 0.00387 e. The number of unbranched alkanes of at least 4 members (excludes halogenated alkanes) is 1. The first-order chi connectivity index (χ1) is 8.63. The van der Waals surface area contributed by atoms with E-state index < -0.39 is 0 Å². The number of nitrogens with one attached hydrogen (secondary N) is 1. The van der Waals surface area contributed by atoms with E-state index in [0.29, 0.717) is 6.04 Å². The SMILES string of the molecule is CCCNC(C)CCCCN(CC)CC(C)CC. The molecule has 0 aromatic rings. The molecule has 0 aliphatic rings. The van der Waals surface area contributed by atoms with E-state index in [0.717, 1.165) is 12.5 Å². The van der Waals surface area contributed by atoms with Crippen molar-refractivity contribution in [1.82, 2.24) is 10.2 Å². The molecule has 0 spiro atoms. The molecule has 0 saturated carbocycles. The van der Waals surface area contributed by atoms with Crippen LogP contribution in [0.2, 0.25) is 0 Å². The van der Waals surface area contributed by atoms with Gasteiger partial charge in [-0.15, -0.1) is 0 Å². The van der Waals surface area contributed by atoms with Crippen molar-refractivity contribution in [3.63, 3.8) is 0 Å². The third-order valence-corrected chi connectivity index (χ3v) is 3.82. The molecule has 0 fully saturated rings. The molecule has 2 heteroatoms. The molecule has 0 saturated heterocycles. The van der Waals surface area contributed by atoms with E-state index in [1.54, 1.807) is 0 Å². The Kier molecular flexibility index (Phi) is 11.9. The van der Waals surface area contributed by atoms with Crippen LogP contribution in [0.1, 0.15) is 66.7 Å². The highest BCUT2D eigenvalue weighted by Crippen LogP contribution is 2.07. The van der Waals surface area contributed by atoms with Gasteiger partial charge in [-0.05, 0) is 51.7 Å². The third kappa shape index (κ3) is 9.90. The van der Waals surface area contributed by atoms with Crippen LogP contribution in [0.5, 0.6) is 0 Å². The maximum absolute atomic E-state index is 3.56. The zero-order valence-electron chi connectivity index (χ0n) is 13.5. The second-order valence-electron chi connectivity index (χ2n) is 5.76. The van der Waals surface area contributed by atoms with E-state index in [9.17, 15) is 0 Å². The van der Waals surface area contributed by atoms with Crippen molar-refractivity contribution in [2.45, 2.75) is 72.8 Å². The van der Waals surface area contributed by atoms with Crippen LogP contribution in [0.15, 0.2) is 0 Å². The smallest absolute Gasteiger partial charge is 0.00387 e. The summed E-state index contributed by atoms with van der Waals surface area (Å²) in [5, 5.41) is 3.56. The van der Waals surface area contributed by atoms with E-state index in [1.807, 2.05) is 0 Å². The average molecular weight is 256 g/mol. The quantitative estimate of drug-likeness (QED) is 0.533. The second kappa shape index (κ2) is 12.0. The molecule has 0 aromatic carbocycles. The fourth-order valence-electron chi connectivity index (χ4n) is 2.23. The molecular formula is C16H36N2. The molecule has 2 nitrogen and oxygen atoms in total. The highest BCUT2D eigenvalue weighted by atomic mass is 15.1. The standard InChI is InChI=1S/C16H36N2/c1-6-12-17-16(5)11-9-10-13-18(8-3)14-15(4)7-2/h15-17H,6-14H2,1-5H3. The Labute approximate surface area is 116 Å². The lowest BCUT2D eigenvalue weighted by molar-refractivity contribution is 0.239. The maximum atomic E-state index is 3.56. The van der Waals surface area contributed by atoms with Crippen LogP contribution in [-0.4, -0.2) is 37.1 Å². The molecule has 2 atom stereocenters. The number of rotatable bonds is 12. The monoisotopic (exact) mass is 256 g/mol. The van der Waals surface area contributed by atoms with Crippen LogP contribution in [-0.2, 0) is 0 Å². The summed E-state index contributed by atoms with van der Waals surface area (Å²) in [4.78, 5) is 2.61. The second-order valence-corrected chi connectivity index (χ2v) is 5.76. The third-order valence-electron chi connectivity index (χ3n) is 3.82. The van der Waals surface area contributed by atoms with Gasteiger partial charge >= 0.3 is 0 Å². The molecule has 0 aliphatic carbocycles. The van der Waals surface area contributed by atoms with Gasteiger partial charge in [-0.3, -0.25) is 0 Å². The van der Waals surface area contributed by atoms with Crippen molar-refractivity contribution in [2.75, 3.05) is 26.2 Å². The summed E-state index contributed by atoms with van der Waals surface area (Å²) in [6.45, 7) is 16.4. The van der Waals surface area contributed by atoms with Crippen LogP contribution >= 0.6 is 0 Å². The molecule has 0 amide bonds. The predicted molar refractivity (Wildman–Crippen MR) is 83.2 cm³/mol. The van der Waals surface area contributed by atoms with Gasteiger partial charge in [0.25, 0.3) is 0 Å². The van der Waals surface area contributed by atoms with Crippen molar-refractivity contribution in [3.8, 4) is 0 Å². The van der Waals surface area contributed by atoms with Crippen LogP contribution in [0.25, 0.3) is 0 Å². The summed E-state index contributed by atoms with van der Waals surface area (Å²) in [5.74, 6) is 0.843. The van der Waals surface area contributed by atoms with Gasteiger partial charge in [-0.1, -0.05) is 40.5 Å². The van der Waals surface area contributed by atoms with E-state index >= 15 is 0 Å². The summed E-state index contributed by atoms with van der Waals surface area (Å²) in [6, 6.07) is 0.689. The van der Waals surface area contributed by atoms with E-state index in [2.05, 4.69) is 44.8 Å². The van der Waals surface area contributed by atoms with Gasteiger partial charge in [-0.2, -0.15) is 0 Å². The van der Waals surface area contributed by atoms with Crippen molar-refractivity contribution in [2.24, 2.45) is 5.92 Å². The minimum atomic E-state index is 0.689. The highest BCUT2D eigenvalue weighted by molar-refractivity contribution is 4.63. The number of nitrogens with zero attached hydrogens (tertiary/aromatic N) is 1. The first-order valence-corrected chi connectivity index (χ1v) is 8.09. The molecule has 18 heavy (non-hydrogen) atoms. The van der Waals surface area contributed by atoms with Gasteiger partial charge in [0, 0.05) is 12.6 Å². The number of hydrogen-bond acceptors (Lipinski definition) is 2. The first kappa shape index (κ1) is 17.9. The molecular weight excluding hydrogens is 220 g/mol. The van der Waals surface area contributed by atoms with Crippen molar-refractivity contribution in [3.05, 3.63) is 0 Å². The highest BCUT2D eigenvalue weighted by Gasteiger charge is 2.07. The lowest BCUT2D eigenvalue weighted by Crippen LogP contribution is -2.30. The molecule has 0 aromatic heterocycles. The minimum absolute atomic E-state index is 0.689. The van der Waals surface area contributed by atoms with Crippen LogP contribution < -0.4 is 5.32 Å². The summed E-state index contributed by atoms with van der Waals surface area (Å²) in [7, 11) is 0. The Bertz CT molecular complexity index is 170. The van der Waals surface area contributed by atoms with Crippen LogP contribution in [0.3, 0.4) is 0 Å². The Morgan fingerprint density at radius 1 is 1.06 bits per heavy atom. The van der Waals surface area contributed by atoms with E-state index in [-0.39, 0.29) is 0 Å². The molecule has 2 unspecified atom stereocenters. The predicted octanol–water partition coefficient (Wildman–Crippen LogP) is 3.91. The normalized spacial score (nSPS) is 15.0. The Balaban J connectivity index is 3.55. The fraction of sp³-hybridized carbons (Fsp3) is 1.00. The summed E-state index contributed by atoms with van der Waals surface area (Å²) >= 11 is 0. The van der Waals surface area contributed by atoms with Crippen molar-refractivity contribution >= 4 is 0 Å². The van der Waals surface area contributed by atoms with E-state index in [1.165, 1.54) is 51.7 Å². The molecule has 110 valence electrons. The minimum Gasteiger partial charge on any atom is -0.314 e. The molecule has 0 rings (SSSR count). The molecule has 0 bridgehead atoms. The Morgan fingerprint density at radius 3 is 2.33 bits per heavy atom. The van der Waals surface area contributed by atoms with Gasteiger partial charge in [-0.25, -0.2) is 0 Å². The zero-order valence-corrected chi connectivity index (χ0v) is 13.5. The lowest BCUT2D eigenvalue weighted by Gasteiger charge is -2.24. The zero-order chi connectivity index (χ0) is 13.8. The van der Waals surface area contributed by atoms with Crippen LogP contribution in [0.4, 0.5) is 0 Å². The summed E-state index contributed by atoms with van der Waals surface area (Å²) in [6.07, 6.45) is 6.57. The van der Waals surface area contributed by atoms with E-state index in [4.69, 9.17) is 0 Å². The topological polar surface area (TPSA) is 15.3 Å². The van der Waals surface area contributed by atoms with Gasteiger partial charge in [0.15, 0.2) is 0 Å². The summed E-state index contributed by atoms with van der Waals surface area (Å²) < 4.78 is 0. The van der Waals surface area contributed by atoms with Crippen LogP contribution in [0, 0.1) is 5.92 Å². The molecule has 0 radical (unpaired) electrons. The lowest BCUT2D eigenvalue weighted by atomic mass is 10.1. The van der Waals surface area contributed by atoms with Crippen molar-refractivity contribution < 1.29 is 0 Å². The molecule has 1 N–H and O–H groups in total. The Hall–Kier alpha value is -0.0800. The fourth-order valence-corrected chi connectivity index (χ4v) is 2.23. The number of hydrogen-bond donors (Lipinski definition) is 1. The Morgan fingerprint density at radius 2 is 1.78 bits per heavy atom. The van der Waals surface area contributed by atoms with Gasteiger partial charge < -0.3 is 10.2 Å². The molecule has 0 aliphatic heterocycles.